The van der Waals surface area contributed by atoms with Crippen molar-refractivity contribution in [2.75, 3.05) is 0 Å². The van der Waals surface area contributed by atoms with E-state index in [0.29, 0.717) is 15.5 Å². The quantitative estimate of drug-likeness (QED) is 0.708. The number of benzene rings is 1. The molecule has 110 valence electrons. The molecular weight excluding hydrogens is 339 g/mol. The van der Waals surface area contributed by atoms with E-state index in [1.165, 1.54) is 11.3 Å². The molecule has 0 bridgehead atoms. The SMILES string of the molecule is N#CC(C#N)[C@H](CC(=O)c1cccs1)c1cccc(Cl)c1Cl. The van der Waals surface area contributed by atoms with Gasteiger partial charge in [0.1, 0.15) is 5.92 Å². The fourth-order valence-electron chi connectivity index (χ4n) is 2.16. The number of hydrogen-bond acceptors (Lipinski definition) is 4. The molecule has 0 unspecified atom stereocenters. The molecule has 0 saturated carbocycles. The number of carbonyl (C=O) groups is 1. The number of rotatable bonds is 5. The molecule has 2 rings (SSSR count). The highest BCUT2D eigenvalue weighted by Gasteiger charge is 2.28. The van der Waals surface area contributed by atoms with Gasteiger partial charge in [-0.2, -0.15) is 10.5 Å². The first kappa shape index (κ1) is 16.5. The van der Waals surface area contributed by atoms with Crippen LogP contribution in [0, 0.1) is 28.6 Å². The van der Waals surface area contributed by atoms with Crippen LogP contribution in [-0.4, -0.2) is 5.78 Å². The van der Waals surface area contributed by atoms with Crippen molar-refractivity contribution in [3.63, 3.8) is 0 Å². The van der Waals surface area contributed by atoms with Gasteiger partial charge >= 0.3 is 0 Å². The number of thiophene rings is 1. The van der Waals surface area contributed by atoms with Gasteiger partial charge in [0.15, 0.2) is 5.78 Å². The second-order valence-electron chi connectivity index (χ2n) is 4.59. The van der Waals surface area contributed by atoms with Crippen LogP contribution < -0.4 is 0 Å². The Kier molecular flexibility index (Phi) is 5.57. The lowest BCUT2D eigenvalue weighted by atomic mass is 9.83. The molecular formula is C16H10Cl2N2OS. The molecule has 0 N–H and O–H groups in total. The van der Waals surface area contributed by atoms with Crippen molar-refractivity contribution in [1.29, 1.82) is 10.5 Å². The topological polar surface area (TPSA) is 64.7 Å². The number of hydrogen-bond donors (Lipinski definition) is 0. The Labute approximate surface area is 142 Å². The van der Waals surface area contributed by atoms with Gasteiger partial charge in [-0.1, -0.05) is 41.4 Å². The van der Waals surface area contributed by atoms with Gasteiger partial charge in [-0.3, -0.25) is 4.79 Å². The fraction of sp³-hybridized carbons (Fsp3) is 0.188. The van der Waals surface area contributed by atoms with Crippen LogP contribution in [0.3, 0.4) is 0 Å². The van der Waals surface area contributed by atoms with Crippen molar-refractivity contribution in [2.24, 2.45) is 5.92 Å². The molecule has 1 aromatic heterocycles. The van der Waals surface area contributed by atoms with E-state index in [4.69, 9.17) is 23.2 Å². The molecule has 0 amide bonds. The summed E-state index contributed by atoms with van der Waals surface area (Å²) in [5.41, 5.74) is 0.548. The summed E-state index contributed by atoms with van der Waals surface area (Å²) in [6.07, 6.45) is 0.0341. The van der Waals surface area contributed by atoms with Gasteiger partial charge in [-0.05, 0) is 23.1 Å². The standard InChI is InChI=1S/C16H10Cl2N2OS/c17-13-4-1-3-11(16(13)18)12(10(8-19)9-20)7-14(21)15-5-2-6-22-15/h1-6,10,12H,7H2/t12-/m0/s1. The summed E-state index contributed by atoms with van der Waals surface area (Å²) in [5.74, 6) is -1.71. The smallest absolute Gasteiger partial charge is 0.173 e. The van der Waals surface area contributed by atoms with Gasteiger partial charge in [-0.15, -0.1) is 11.3 Å². The maximum absolute atomic E-state index is 12.3. The fourth-order valence-corrected chi connectivity index (χ4v) is 3.28. The van der Waals surface area contributed by atoms with Gasteiger partial charge in [0.25, 0.3) is 0 Å². The lowest BCUT2D eigenvalue weighted by Crippen LogP contribution is -2.15. The van der Waals surface area contributed by atoms with Gasteiger partial charge < -0.3 is 0 Å². The summed E-state index contributed by atoms with van der Waals surface area (Å²) in [7, 11) is 0. The highest BCUT2D eigenvalue weighted by atomic mass is 35.5. The molecule has 0 saturated heterocycles. The van der Waals surface area contributed by atoms with Gasteiger partial charge in [0, 0.05) is 12.3 Å². The van der Waals surface area contributed by atoms with E-state index in [-0.39, 0.29) is 17.2 Å². The Bertz CT molecular complexity index is 745. The summed E-state index contributed by atoms with van der Waals surface area (Å²) in [4.78, 5) is 12.9. The summed E-state index contributed by atoms with van der Waals surface area (Å²) in [6.45, 7) is 0. The molecule has 0 aliphatic rings. The van der Waals surface area contributed by atoms with Crippen LogP contribution in [0.5, 0.6) is 0 Å². The van der Waals surface area contributed by atoms with Gasteiger partial charge in [0.05, 0.1) is 27.1 Å². The first-order valence-corrected chi connectivity index (χ1v) is 8.02. The van der Waals surface area contributed by atoms with Gasteiger partial charge in [-0.25, -0.2) is 0 Å². The molecule has 1 atom stereocenters. The van der Waals surface area contributed by atoms with Crippen LogP contribution in [0.4, 0.5) is 0 Å². The highest BCUT2D eigenvalue weighted by molar-refractivity contribution is 7.12. The van der Waals surface area contributed by atoms with Crippen molar-refractivity contribution in [1.82, 2.24) is 0 Å². The van der Waals surface area contributed by atoms with E-state index < -0.39 is 11.8 Å². The summed E-state index contributed by atoms with van der Waals surface area (Å²) < 4.78 is 0. The third-order valence-corrected chi connectivity index (χ3v) is 5.01. The lowest BCUT2D eigenvalue weighted by Gasteiger charge is -2.18. The van der Waals surface area contributed by atoms with Crippen molar-refractivity contribution in [2.45, 2.75) is 12.3 Å². The van der Waals surface area contributed by atoms with Crippen LogP contribution in [0.15, 0.2) is 35.7 Å². The average Bonchev–Trinajstić information content (AvgIpc) is 3.04. The normalized spacial score (nSPS) is 11.7. The predicted octanol–water partition coefficient (Wildman–Crippen LogP) is 5.07. The third kappa shape index (κ3) is 3.48. The van der Waals surface area contributed by atoms with E-state index in [1.807, 2.05) is 12.1 Å². The Hall–Kier alpha value is -1.85. The van der Waals surface area contributed by atoms with Crippen LogP contribution in [0.2, 0.25) is 10.0 Å². The minimum absolute atomic E-state index is 0.0341. The number of Topliss-reactive ketones (excluding diaryl/α,β-unsaturated/α-hetero) is 1. The number of ketones is 1. The zero-order valence-electron chi connectivity index (χ0n) is 11.3. The van der Waals surface area contributed by atoms with Crippen LogP contribution >= 0.6 is 34.5 Å². The van der Waals surface area contributed by atoms with E-state index in [0.717, 1.165) is 0 Å². The maximum atomic E-state index is 12.3. The molecule has 3 nitrogen and oxygen atoms in total. The van der Waals surface area contributed by atoms with E-state index in [2.05, 4.69) is 0 Å². The zero-order chi connectivity index (χ0) is 16.1. The largest absolute Gasteiger partial charge is 0.293 e. The van der Waals surface area contributed by atoms with Crippen molar-refractivity contribution in [3.05, 3.63) is 56.2 Å². The molecule has 2 aromatic rings. The summed E-state index contributed by atoms with van der Waals surface area (Å²) in [6, 6.07) is 12.4. The Morgan fingerprint density at radius 3 is 2.50 bits per heavy atom. The second kappa shape index (κ2) is 7.42. The zero-order valence-corrected chi connectivity index (χ0v) is 13.6. The molecule has 1 aromatic carbocycles. The van der Waals surface area contributed by atoms with Crippen molar-refractivity contribution < 1.29 is 4.79 Å². The Balaban J connectivity index is 2.40. The average molecular weight is 349 g/mol. The minimum atomic E-state index is -0.972. The van der Waals surface area contributed by atoms with Crippen LogP contribution in [-0.2, 0) is 0 Å². The lowest BCUT2D eigenvalue weighted by molar-refractivity contribution is 0.0975. The third-order valence-electron chi connectivity index (χ3n) is 3.26. The molecule has 1 heterocycles. The minimum Gasteiger partial charge on any atom is -0.293 e. The monoisotopic (exact) mass is 348 g/mol. The van der Waals surface area contributed by atoms with E-state index in [9.17, 15) is 15.3 Å². The number of halogens is 2. The first-order chi connectivity index (χ1) is 10.6. The van der Waals surface area contributed by atoms with E-state index >= 15 is 0 Å². The second-order valence-corrected chi connectivity index (χ2v) is 6.32. The number of nitrogens with zero attached hydrogens (tertiary/aromatic N) is 2. The first-order valence-electron chi connectivity index (χ1n) is 6.38. The van der Waals surface area contributed by atoms with Crippen LogP contribution in [0.25, 0.3) is 0 Å². The number of carbonyl (C=O) groups excluding carboxylic acids is 1. The molecule has 0 fully saturated rings. The Morgan fingerprint density at radius 1 is 1.18 bits per heavy atom. The molecule has 22 heavy (non-hydrogen) atoms. The molecule has 6 heteroatoms. The van der Waals surface area contributed by atoms with Crippen molar-refractivity contribution >= 4 is 40.3 Å². The summed E-state index contributed by atoms with van der Waals surface area (Å²) in [5, 5.41) is 20.8. The molecule has 0 aliphatic carbocycles. The highest BCUT2D eigenvalue weighted by Crippen LogP contribution is 2.37. The predicted molar refractivity (Wildman–Crippen MR) is 87.2 cm³/mol. The summed E-state index contributed by atoms with van der Waals surface area (Å²) >= 11 is 13.5. The van der Waals surface area contributed by atoms with E-state index in [1.54, 1.807) is 35.7 Å². The number of nitriles is 2. The van der Waals surface area contributed by atoms with Crippen molar-refractivity contribution in [3.8, 4) is 12.1 Å². The molecule has 0 aliphatic heterocycles. The van der Waals surface area contributed by atoms with Crippen LogP contribution in [0.1, 0.15) is 27.6 Å². The molecule has 0 spiro atoms. The Morgan fingerprint density at radius 2 is 1.91 bits per heavy atom. The maximum Gasteiger partial charge on any atom is 0.173 e. The molecule has 0 radical (unpaired) electrons. The van der Waals surface area contributed by atoms with Gasteiger partial charge in [0.2, 0.25) is 0 Å².